The third kappa shape index (κ3) is 7.28. The van der Waals surface area contributed by atoms with E-state index in [1.54, 1.807) is 0 Å². The van der Waals surface area contributed by atoms with Crippen LogP contribution in [-0.4, -0.2) is 18.7 Å². The first kappa shape index (κ1) is 16.1. The molecule has 0 bridgehead atoms. The fraction of sp³-hybridized carbons (Fsp3) is 0.643. The van der Waals surface area contributed by atoms with Gasteiger partial charge in [-0.25, -0.2) is 13.0 Å². The number of pyridine rings is 1. The molecule has 0 saturated carbocycles. The summed E-state index contributed by atoms with van der Waals surface area (Å²) in [6.45, 7) is 7.17. The topological polar surface area (TPSA) is 61.1 Å². The zero-order valence-corrected chi connectivity index (χ0v) is 12.7. The Morgan fingerprint density at radius 1 is 1.26 bits per heavy atom. The van der Waals surface area contributed by atoms with Crippen molar-refractivity contribution < 1.29 is 17.5 Å². The Kier molecular flexibility index (Phi) is 5.50. The SMILES string of the molecule is CC(C)(C)CCc1cccc[n+]1CCCS(=O)(=O)[O-]. The van der Waals surface area contributed by atoms with Gasteiger partial charge >= 0.3 is 0 Å². The van der Waals surface area contributed by atoms with Gasteiger partial charge in [0.2, 0.25) is 0 Å². The van der Waals surface area contributed by atoms with Gasteiger partial charge in [0.25, 0.3) is 0 Å². The molecule has 0 aliphatic heterocycles. The molecule has 1 rings (SSSR count). The Labute approximate surface area is 116 Å². The number of aryl methyl sites for hydroxylation is 2. The fourth-order valence-electron chi connectivity index (χ4n) is 1.87. The van der Waals surface area contributed by atoms with Crippen LogP contribution in [0.3, 0.4) is 0 Å². The molecular formula is C14H23NO3S. The van der Waals surface area contributed by atoms with Crippen molar-refractivity contribution in [2.24, 2.45) is 5.41 Å². The molecular weight excluding hydrogens is 262 g/mol. The highest BCUT2D eigenvalue weighted by Gasteiger charge is 2.15. The van der Waals surface area contributed by atoms with Crippen molar-refractivity contribution >= 4 is 10.1 Å². The van der Waals surface area contributed by atoms with E-state index in [-0.39, 0.29) is 11.2 Å². The molecule has 0 spiro atoms. The van der Waals surface area contributed by atoms with Crippen molar-refractivity contribution in [1.82, 2.24) is 0 Å². The molecule has 0 atom stereocenters. The summed E-state index contributed by atoms with van der Waals surface area (Å²) in [5.41, 5.74) is 1.45. The predicted octanol–water partition coefficient (Wildman–Crippen LogP) is 1.89. The van der Waals surface area contributed by atoms with Gasteiger partial charge in [-0.2, -0.15) is 0 Å². The van der Waals surface area contributed by atoms with Gasteiger partial charge in [-0.15, -0.1) is 0 Å². The first-order valence-electron chi connectivity index (χ1n) is 6.58. The van der Waals surface area contributed by atoms with Crippen LogP contribution in [0.25, 0.3) is 0 Å². The molecule has 0 radical (unpaired) electrons. The summed E-state index contributed by atoms with van der Waals surface area (Å²) in [6.07, 6.45) is 4.32. The zero-order chi connectivity index (χ0) is 14.5. The van der Waals surface area contributed by atoms with E-state index in [2.05, 4.69) is 26.8 Å². The Hall–Kier alpha value is -0.940. The highest BCUT2D eigenvalue weighted by Crippen LogP contribution is 2.20. The summed E-state index contributed by atoms with van der Waals surface area (Å²) >= 11 is 0. The van der Waals surface area contributed by atoms with E-state index in [0.717, 1.165) is 12.8 Å². The molecule has 0 amide bonds. The summed E-state index contributed by atoms with van der Waals surface area (Å²) in [7, 11) is -4.11. The van der Waals surface area contributed by atoms with Crippen LogP contribution in [0, 0.1) is 5.41 Å². The van der Waals surface area contributed by atoms with Gasteiger partial charge in [0.1, 0.15) is 6.54 Å². The van der Waals surface area contributed by atoms with Crippen molar-refractivity contribution in [3.8, 4) is 0 Å². The summed E-state index contributed by atoms with van der Waals surface area (Å²) in [4.78, 5) is 0. The van der Waals surface area contributed by atoms with E-state index in [0.29, 0.717) is 13.0 Å². The predicted molar refractivity (Wildman–Crippen MR) is 73.6 cm³/mol. The molecule has 0 aliphatic rings. The Morgan fingerprint density at radius 2 is 1.95 bits per heavy atom. The number of rotatable bonds is 6. The monoisotopic (exact) mass is 285 g/mol. The lowest BCUT2D eigenvalue weighted by atomic mass is 9.90. The number of nitrogens with zero attached hydrogens (tertiary/aromatic N) is 1. The van der Waals surface area contributed by atoms with Crippen LogP contribution in [0.5, 0.6) is 0 Å². The molecule has 1 aromatic rings. The Bertz CT molecular complexity index is 504. The van der Waals surface area contributed by atoms with E-state index >= 15 is 0 Å². The summed E-state index contributed by atoms with van der Waals surface area (Å²) in [6, 6.07) is 5.96. The summed E-state index contributed by atoms with van der Waals surface area (Å²) in [5, 5.41) is 0. The number of hydrogen-bond acceptors (Lipinski definition) is 3. The van der Waals surface area contributed by atoms with Gasteiger partial charge < -0.3 is 4.55 Å². The maximum Gasteiger partial charge on any atom is 0.181 e. The van der Waals surface area contributed by atoms with Crippen LogP contribution < -0.4 is 4.57 Å². The molecule has 0 fully saturated rings. The zero-order valence-electron chi connectivity index (χ0n) is 11.9. The van der Waals surface area contributed by atoms with Gasteiger partial charge in [0, 0.05) is 30.7 Å². The number of hydrogen-bond donors (Lipinski definition) is 0. The lowest BCUT2D eigenvalue weighted by Crippen LogP contribution is -2.39. The highest BCUT2D eigenvalue weighted by molar-refractivity contribution is 7.85. The second-order valence-electron chi connectivity index (χ2n) is 6.06. The average molecular weight is 285 g/mol. The van der Waals surface area contributed by atoms with Crippen LogP contribution in [0.15, 0.2) is 24.4 Å². The van der Waals surface area contributed by atoms with E-state index in [9.17, 15) is 13.0 Å². The fourth-order valence-corrected chi connectivity index (χ4v) is 2.35. The normalized spacial score (nSPS) is 12.6. The largest absolute Gasteiger partial charge is 0.748 e. The van der Waals surface area contributed by atoms with Crippen LogP contribution in [0.4, 0.5) is 0 Å². The second kappa shape index (κ2) is 6.48. The molecule has 0 unspecified atom stereocenters. The summed E-state index contributed by atoms with van der Waals surface area (Å²) in [5.74, 6) is -0.298. The molecule has 1 aromatic heterocycles. The maximum absolute atomic E-state index is 10.6. The minimum absolute atomic E-state index is 0.270. The van der Waals surface area contributed by atoms with Gasteiger partial charge in [0.15, 0.2) is 11.9 Å². The van der Waals surface area contributed by atoms with Gasteiger partial charge in [-0.05, 0) is 11.8 Å². The lowest BCUT2D eigenvalue weighted by molar-refractivity contribution is -0.704. The molecule has 19 heavy (non-hydrogen) atoms. The molecule has 4 nitrogen and oxygen atoms in total. The molecule has 0 saturated heterocycles. The maximum atomic E-state index is 10.6. The van der Waals surface area contributed by atoms with E-state index in [4.69, 9.17) is 0 Å². The van der Waals surface area contributed by atoms with E-state index in [1.165, 1.54) is 5.69 Å². The Balaban J connectivity index is 2.63. The van der Waals surface area contributed by atoms with E-state index < -0.39 is 10.1 Å². The molecule has 108 valence electrons. The minimum Gasteiger partial charge on any atom is -0.748 e. The van der Waals surface area contributed by atoms with Crippen molar-refractivity contribution in [2.75, 3.05) is 5.75 Å². The third-order valence-corrected chi connectivity index (χ3v) is 3.75. The lowest BCUT2D eigenvalue weighted by Gasteiger charge is -2.17. The molecule has 1 heterocycles. The molecule has 5 heteroatoms. The van der Waals surface area contributed by atoms with Crippen LogP contribution in [0.2, 0.25) is 0 Å². The van der Waals surface area contributed by atoms with Crippen molar-refractivity contribution in [1.29, 1.82) is 0 Å². The van der Waals surface area contributed by atoms with Gasteiger partial charge in [0.05, 0.1) is 10.1 Å². The first-order chi connectivity index (χ1) is 8.67. The van der Waals surface area contributed by atoms with Crippen molar-refractivity contribution in [3.05, 3.63) is 30.1 Å². The van der Waals surface area contributed by atoms with Crippen LogP contribution >= 0.6 is 0 Å². The smallest absolute Gasteiger partial charge is 0.181 e. The number of aromatic nitrogens is 1. The van der Waals surface area contributed by atoms with Crippen LogP contribution in [-0.2, 0) is 23.1 Å². The molecule has 0 aromatic carbocycles. The Morgan fingerprint density at radius 3 is 2.53 bits per heavy atom. The molecule has 0 N–H and O–H groups in total. The van der Waals surface area contributed by atoms with Gasteiger partial charge in [-0.1, -0.05) is 26.8 Å². The second-order valence-corrected chi connectivity index (χ2v) is 7.58. The van der Waals surface area contributed by atoms with Crippen LogP contribution in [0.1, 0.15) is 39.3 Å². The quantitative estimate of drug-likeness (QED) is 0.592. The summed E-state index contributed by atoms with van der Waals surface area (Å²) < 4.78 is 33.8. The third-order valence-electron chi connectivity index (χ3n) is 2.96. The van der Waals surface area contributed by atoms with E-state index in [1.807, 2.05) is 22.9 Å². The standard InChI is InChI=1S/C14H23NO3S/c1-14(2,3)9-8-13-7-4-5-10-15(13)11-6-12-19(16,17)18/h4-5,7,10H,6,8-9,11-12H2,1-3H3. The average Bonchev–Trinajstić information content (AvgIpc) is 2.25. The van der Waals surface area contributed by atoms with Crippen molar-refractivity contribution in [3.63, 3.8) is 0 Å². The van der Waals surface area contributed by atoms with Gasteiger partial charge in [-0.3, -0.25) is 0 Å². The highest BCUT2D eigenvalue weighted by atomic mass is 32.2. The molecule has 0 aliphatic carbocycles. The first-order valence-corrected chi connectivity index (χ1v) is 8.16. The van der Waals surface area contributed by atoms with Crippen molar-refractivity contribution in [2.45, 2.75) is 46.6 Å². The minimum atomic E-state index is -4.11.